The standard InChI is InChI=1S/C36H43N5O2/c37-25-28-6-8-29(9-7-28)26-39-20-14-32(15-21-39)38-36(42)31-4-3-5-35(24-31)43-34-16-22-40(23-17-34)27-30-10-12-33(13-11-30)41-18-1-2-19-41/h3-13,24,32,34H,1-2,14-23,26-27H2,(H,38,42). The first-order valence-electron chi connectivity index (χ1n) is 16.0. The average Bonchev–Trinajstić information content (AvgIpc) is 3.59. The topological polar surface area (TPSA) is 71.8 Å². The summed E-state index contributed by atoms with van der Waals surface area (Å²) in [5.74, 6) is 0.752. The Labute approximate surface area is 256 Å². The molecule has 6 rings (SSSR count). The number of amides is 1. The number of likely N-dealkylation sites (tertiary alicyclic amines) is 2. The molecule has 1 amide bonds. The van der Waals surface area contributed by atoms with Gasteiger partial charge < -0.3 is 15.0 Å². The van der Waals surface area contributed by atoms with Crippen LogP contribution in [0.1, 0.15) is 65.6 Å². The minimum atomic E-state index is -0.0263. The Hall–Kier alpha value is -3.86. The van der Waals surface area contributed by atoms with Gasteiger partial charge in [0.25, 0.3) is 5.91 Å². The Morgan fingerprint density at radius 3 is 2.02 bits per heavy atom. The van der Waals surface area contributed by atoms with Gasteiger partial charge in [0.15, 0.2) is 0 Å². The highest BCUT2D eigenvalue weighted by atomic mass is 16.5. The van der Waals surface area contributed by atoms with E-state index < -0.39 is 0 Å². The third-order valence-electron chi connectivity index (χ3n) is 9.16. The van der Waals surface area contributed by atoms with Gasteiger partial charge in [0.1, 0.15) is 11.9 Å². The van der Waals surface area contributed by atoms with Crippen molar-refractivity contribution >= 4 is 11.6 Å². The van der Waals surface area contributed by atoms with Crippen molar-refractivity contribution in [1.82, 2.24) is 15.1 Å². The zero-order valence-electron chi connectivity index (χ0n) is 25.1. The van der Waals surface area contributed by atoms with Crippen LogP contribution < -0.4 is 15.0 Å². The van der Waals surface area contributed by atoms with Crippen LogP contribution in [0.15, 0.2) is 72.8 Å². The second-order valence-electron chi connectivity index (χ2n) is 12.3. The van der Waals surface area contributed by atoms with Crippen molar-refractivity contribution in [2.24, 2.45) is 0 Å². The van der Waals surface area contributed by atoms with E-state index in [-0.39, 0.29) is 18.1 Å². The van der Waals surface area contributed by atoms with Gasteiger partial charge in [-0.1, -0.05) is 30.3 Å². The summed E-state index contributed by atoms with van der Waals surface area (Å²) in [6.07, 6.45) is 6.62. The molecule has 0 saturated carbocycles. The molecule has 0 radical (unpaired) electrons. The molecule has 7 heteroatoms. The van der Waals surface area contributed by atoms with E-state index in [1.54, 1.807) is 0 Å². The molecule has 3 aliphatic heterocycles. The van der Waals surface area contributed by atoms with Gasteiger partial charge in [-0.25, -0.2) is 0 Å². The quantitative estimate of drug-likeness (QED) is 0.357. The minimum Gasteiger partial charge on any atom is -0.490 e. The van der Waals surface area contributed by atoms with Crippen molar-refractivity contribution in [2.45, 2.75) is 63.8 Å². The third kappa shape index (κ3) is 7.95. The molecule has 0 atom stereocenters. The Morgan fingerprint density at radius 2 is 1.40 bits per heavy atom. The van der Waals surface area contributed by atoms with Crippen molar-refractivity contribution < 1.29 is 9.53 Å². The number of nitrogens with zero attached hydrogens (tertiary/aromatic N) is 4. The Balaban J connectivity index is 0.922. The van der Waals surface area contributed by atoms with Gasteiger partial charge in [0, 0.05) is 69.7 Å². The summed E-state index contributed by atoms with van der Waals surface area (Å²) in [6.45, 7) is 8.14. The average molecular weight is 578 g/mol. The smallest absolute Gasteiger partial charge is 0.251 e. The lowest BCUT2D eigenvalue weighted by atomic mass is 10.0. The van der Waals surface area contributed by atoms with Crippen molar-refractivity contribution in [3.05, 3.63) is 95.1 Å². The number of benzene rings is 3. The van der Waals surface area contributed by atoms with Gasteiger partial charge in [-0.15, -0.1) is 0 Å². The number of hydrogen-bond acceptors (Lipinski definition) is 6. The number of nitrogens with one attached hydrogen (secondary N) is 1. The molecule has 3 fully saturated rings. The number of ether oxygens (including phenoxy) is 1. The first-order chi connectivity index (χ1) is 21.1. The number of carbonyl (C=O) groups excluding carboxylic acids is 1. The molecule has 3 aliphatic rings. The number of rotatable bonds is 9. The molecule has 0 unspecified atom stereocenters. The van der Waals surface area contributed by atoms with Crippen LogP contribution in [0.25, 0.3) is 0 Å². The predicted molar refractivity (Wildman–Crippen MR) is 170 cm³/mol. The molecule has 0 aliphatic carbocycles. The zero-order chi connectivity index (χ0) is 29.4. The highest BCUT2D eigenvalue weighted by molar-refractivity contribution is 5.94. The van der Waals surface area contributed by atoms with Gasteiger partial charge in [0.2, 0.25) is 0 Å². The highest BCUT2D eigenvalue weighted by Gasteiger charge is 2.23. The number of hydrogen-bond donors (Lipinski definition) is 1. The van der Waals surface area contributed by atoms with Crippen LogP contribution in [0.2, 0.25) is 0 Å². The molecule has 0 bridgehead atoms. The van der Waals surface area contributed by atoms with Crippen molar-refractivity contribution in [3.8, 4) is 11.8 Å². The Bertz CT molecular complexity index is 1380. The Kier molecular flexibility index (Phi) is 9.56. The maximum atomic E-state index is 13.1. The van der Waals surface area contributed by atoms with Crippen LogP contribution in [0, 0.1) is 11.3 Å². The molecule has 3 aromatic rings. The minimum absolute atomic E-state index is 0.0263. The summed E-state index contributed by atoms with van der Waals surface area (Å²) in [6, 6.07) is 26.9. The number of carbonyl (C=O) groups is 1. The third-order valence-corrected chi connectivity index (χ3v) is 9.16. The van der Waals surface area contributed by atoms with Crippen LogP contribution in [-0.2, 0) is 13.1 Å². The monoisotopic (exact) mass is 577 g/mol. The van der Waals surface area contributed by atoms with Crippen molar-refractivity contribution in [1.29, 1.82) is 5.26 Å². The van der Waals surface area contributed by atoms with E-state index in [9.17, 15) is 4.79 Å². The first kappa shape index (κ1) is 29.2. The van der Waals surface area contributed by atoms with E-state index in [1.165, 1.54) is 42.7 Å². The molecular weight excluding hydrogens is 534 g/mol. The summed E-state index contributed by atoms with van der Waals surface area (Å²) >= 11 is 0. The van der Waals surface area contributed by atoms with Gasteiger partial charge in [-0.05, 0) is 92.1 Å². The molecule has 43 heavy (non-hydrogen) atoms. The van der Waals surface area contributed by atoms with Crippen LogP contribution in [0.4, 0.5) is 5.69 Å². The number of anilines is 1. The molecular formula is C36H43N5O2. The maximum absolute atomic E-state index is 13.1. The van der Waals surface area contributed by atoms with Crippen LogP contribution in [0.3, 0.4) is 0 Å². The largest absolute Gasteiger partial charge is 0.490 e. The molecule has 3 aromatic carbocycles. The van der Waals surface area contributed by atoms with Gasteiger partial charge in [-0.3, -0.25) is 14.6 Å². The van der Waals surface area contributed by atoms with Gasteiger partial charge in [0.05, 0.1) is 11.6 Å². The second kappa shape index (κ2) is 14.1. The lowest BCUT2D eigenvalue weighted by Crippen LogP contribution is -2.44. The van der Waals surface area contributed by atoms with Gasteiger partial charge >= 0.3 is 0 Å². The van der Waals surface area contributed by atoms with E-state index in [0.29, 0.717) is 11.1 Å². The van der Waals surface area contributed by atoms with Crippen molar-refractivity contribution in [2.75, 3.05) is 44.2 Å². The molecule has 7 nitrogen and oxygen atoms in total. The second-order valence-corrected chi connectivity index (χ2v) is 12.3. The first-order valence-corrected chi connectivity index (χ1v) is 16.0. The fourth-order valence-corrected chi connectivity index (χ4v) is 6.58. The fraction of sp³-hybridized carbons (Fsp3) is 0.444. The summed E-state index contributed by atoms with van der Waals surface area (Å²) < 4.78 is 6.36. The SMILES string of the molecule is N#Cc1ccc(CN2CCC(NC(=O)c3cccc(OC4CCN(Cc5ccc(N6CCCC6)cc5)CC4)c3)CC2)cc1. The number of piperidine rings is 2. The molecule has 0 spiro atoms. The lowest BCUT2D eigenvalue weighted by molar-refractivity contribution is 0.0900. The summed E-state index contributed by atoms with van der Waals surface area (Å²) in [4.78, 5) is 20.5. The van der Waals surface area contributed by atoms with E-state index in [1.807, 2.05) is 48.5 Å². The van der Waals surface area contributed by atoms with E-state index in [4.69, 9.17) is 10.00 Å². The summed E-state index contributed by atoms with van der Waals surface area (Å²) in [5.41, 5.74) is 5.29. The summed E-state index contributed by atoms with van der Waals surface area (Å²) in [7, 11) is 0. The van der Waals surface area contributed by atoms with Gasteiger partial charge in [-0.2, -0.15) is 5.26 Å². The van der Waals surface area contributed by atoms with Crippen LogP contribution in [-0.4, -0.2) is 67.1 Å². The zero-order valence-corrected chi connectivity index (χ0v) is 25.1. The summed E-state index contributed by atoms with van der Waals surface area (Å²) in [5, 5.41) is 12.2. The molecule has 1 N–H and O–H groups in total. The predicted octanol–water partition coefficient (Wildman–Crippen LogP) is 5.60. The number of nitriles is 1. The Morgan fingerprint density at radius 1 is 0.791 bits per heavy atom. The molecule has 0 aromatic heterocycles. The lowest BCUT2D eigenvalue weighted by Gasteiger charge is -2.32. The van der Waals surface area contributed by atoms with Crippen LogP contribution >= 0.6 is 0 Å². The van der Waals surface area contributed by atoms with Crippen molar-refractivity contribution in [3.63, 3.8) is 0 Å². The fourth-order valence-electron chi connectivity index (χ4n) is 6.58. The maximum Gasteiger partial charge on any atom is 0.251 e. The van der Waals surface area contributed by atoms with Crippen LogP contribution in [0.5, 0.6) is 5.75 Å². The molecule has 3 saturated heterocycles. The molecule has 224 valence electrons. The normalized spacial score (nSPS) is 18.8. The van der Waals surface area contributed by atoms with E-state index in [0.717, 1.165) is 70.7 Å². The van der Waals surface area contributed by atoms with E-state index in [2.05, 4.69) is 50.4 Å². The highest BCUT2D eigenvalue weighted by Crippen LogP contribution is 2.24. The molecule has 3 heterocycles. The van der Waals surface area contributed by atoms with E-state index >= 15 is 0 Å².